The molecule has 1 aromatic heterocycles. The average molecular weight is 176 g/mol. The first kappa shape index (κ1) is 8.13. The van der Waals surface area contributed by atoms with Gasteiger partial charge in [0.25, 0.3) is 0 Å². The molecule has 2 rings (SSSR count). The number of nitrogen functional groups attached to an aromatic ring is 1. The molecule has 0 aliphatic heterocycles. The van der Waals surface area contributed by atoms with Crippen LogP contribution in [0.2, 0.25) is 0 Å². The molecule has 2 aromatic rings. The van der Waals surface area contributed by atoms with Gasteiger partial charge in [-0.1, -0.05) is 6.07 Å². The molecule has 0 bridgehead atoms. The van der Waals surface area contributed by atoms with E-state index in [0.717, 1.165) is 22.3 Å². The highest BCUT2D eigenvalue weighted by molar-refractivity contribution is 5.92. The van der Waals surface area contributed by atoms with Crippen LogP contribution in [-0.4, -0.2) is 9.67 Å². The molecule has 13 heavy (non-hydrogen) atoms. The summed E-state index contributed by atoms with van der Waals surface area (Å²) in [5.74, 6) is 0. The maximum Gasteiger partial charge on any atom is 0.0833 e. The SMILES string of the molecule is Cn1c(CO)cc2c(N)cccc21. The first-order valence-electron chi connectivity index (χ1n) is 4.17. The molecule has 1 aromatic carbocycles. The van der Waals surface area contributed by atoms with Crippen molar-refractivity contribution in [2.24, 2.45) is 7.05 Å². The van der Waals surface area contributed by atoms with Gasteiger partial charge in [-0.2, -0.15) is 0 Å². The quantitative estimate of drug-likeness (QED) is 0.642. The predicted molar refractivity (Wildman–Crippen MR) is 53.3 cm³/mol. The summed E-state index contributed by atoms with van der Waals surface area (Å²) in [6, 6.07) is 7.69. The molecule has 0 fully saturated rings. The zero-order valence-electron chi connectivity index (χ0n) is 7.49. The average Bonchev–Trinajstić information content (AvgIpc) is 2.45. The maximum absolute atomic E-state index is 9.05. The van der Waals surface area contributed by atoms with Crippen LogP contribution in [0.1, 0.15) is 5.69 Å². The molecular weight excluding hydrogens is 164 g/mol. The van der Waals surface area contributed by atoms with E-state index in [-0.39, 0.29) is 6.61 Å². The topological polar surface area (TPSA) is 51.2 Å². The molecule has 0 radical (unpaired) electrons. The number of fused-ring (bicyclic) bond motifs is 1. The van der Waals surface area contributed by atoms with Crippen molar-refractivity contribution in [3.05, 3.63) is 30.0 Å². The van der Waals surface area contributed by atoms with E-state index in [0.29, 0.717) is 0 Å². The molecule has 0 saturated heterocycles. The van der Waals surface area contributed by atoms with E-state index < -0.39 is 0 Å². The molecule has 3 N–H and O–H groups in total. The third kappa shape index (κ3) is 1.09. The highest BCUT2D eigenvalue weighted by Gasteiger charge is 2.05. The van der Waals surface area contributed by atoms with Crippen LogP contribution < -0.4 is 5.73 Å². The minimum absolute atomic E-state index is 0.0462. The van der Waals surface area contributed by atoms with Crippen molar-refractivity contribution in [2.45, 2.75) is 6.61 Å². The van der Waals surface area contributed by atoms with E-state index in [9.17, 15) is 0 Å². The van der Waals surface area contributed by atoms with Crippen molar-refractivity contribution in [1.82, 2.24) is 4.57 Å². The Bertz CT molecular complexity index is 445. The van der Waals surface area contributed by atoms with Crippen LogP contribution in [0.25, 0.3) is 10.9 Å². The molecule has 1 heterocycles. The molecule has 3 heteroatoms. The number of anilines is 1. The first-order chi connectivity index (χ1) is 6.24. The third-order valence-electron chi connectivity index (χ3n) is 2.38. The highest BCUT2D eigenvalue weighted by Crippen LogP contribution is 2.23. The van der Waals surface area contributed by atoms with Gasteiger partial charge < -0.3 is 15.4 Å². The minimum atomic E-state index is 0.0462. The van der Waals surface area contributed by atoms with Gasteiger partial charge in [-0.25, -0.2) is 0 Å². The van der Waals surface area contributed by atoms with E-state index in [1.807, 2.05) is 35.9 Å². The Labute approximate surface area is 76.4 Å². The lowest BCUT2D eigenvalue weighted by atomic mass is 10.2. The van der Waals surface area contributed by atoms with Gasteiger partial charge in [0.1, 0.15) is 0 Å². The molecule has 0 saturated carbocycles. The third-order valence-corrected chi connectivity index (χ3v) is 2.38. The summed E-state index contributed by atoms with van der Waals surface area (Å²) in [7, 11) is 1.92. The highest BCUT2D eigenvalue weighted by atomic mass is 16.3. The van der Waals surface area contributed by atoms with Crippen LogP contribution in [0.15, 0.2) is 24.3 Å². The summed E-state index contributed by atoms with van der Waals surface area (Å²) in [4.78, 5) is 0. The lowest BCUT2D eigenvalue weighted by Crippen LogP contribution is -1.94. The van der Waals surface area contributed by atoms with Gasteiger partial charge in [0.05, 0.1) is 12.1 Å². The molecule has 68 valence electrons. The normalized spacial score (nSPS) is 10.9. The fraction of sp³-hybridized carbons (Fsp3) is 0.200. The molecule has 3 nitrogen and oxygen atoms in total. The van der Waals surface area contributed by atoms with E-state index in [2.05, 4.69) is 0 Å². The number of nitrogens with two attached hydrogens (primary N) is 1. The first-order valence-corrected chi connectivity index (χ1v) is 4.17. The summed E-state index contributed by atoms with van der Waals surface area (Å²) in [6.07, 6.45) is 0. The van der Waals surface area contributed by atoms with Crippen LogP contribution in [0, 0.1) is 0 Å². The number of hydrogen-bond acceptors (Lipinski definition) is 2. The Morgan fingerprint density at radius 3 is 2.85 bits per heavy atom. The number of hydrogen-bond donors (Lipinski definition) is 2. The molecule has 0 aliphatic rings. The van der Waals surface area contributed by atoms with Crippen molar-refractivity contribution in [2.75, 3.05) is 5.73 Å². The van der Waals surface area contributed by atoms with Crippen LogP contribution in [0.4, 0.5) is 5.69 Å². The Morgan fingerprint density at radius 2 is 2.23 bits per heavy atom. The maximum atomic E-state index is 9.05. The lowest BCUT2D eigenvalue weighted by molar-refractivity contribution is 0.273. The number of aliphatic hydroxyl groups is 1. The van der Waals surface area contributed by atoms with Gasteiger partial charge in [0.2, 0.25) is 0 Å². The molecule has 0 unspecified atom stereocenters. The Morgan fingerprint density at radius 1 is 1.46 bits per heavy atom. The van der Waals surface area contributed by atoms with Crippen LogP contribution in [0.5, 0.6) is 0 Å². The number of nitrogens with zero attached hydrogens (tertiary/aromatic N) is 1. The summed E-state index contributed by atoms with van der Waals surface area (Å²) in [5, 5.41) is 10.1. The van der Waals surface area contributed by atoms with E-state index in [4.69, 9.17) is 10.8 Å². The molecule has 0 aliphatic carbocycles. The van der Waals surface area contributed by atoms with Gasteiger partial charge >= 0.3 is 0 Å². The van der Waals surface area contributed by atoms with Crippen molar-refractivity contribution in [1.29, 1.82) is 0 Å². The zero-order chi connectivity index (χ0) is 9.42. The second kappa shape index (κ2) is 2.78. The van der Waals surface area contributed by atoms with E-state index >= 15 is 0 Å². The smallest absolute Gasteiger partial charge is 0.0833 e. The minimum Gasteiger partial charge on any atom is -0.398 e. The number of rotatable bonds is 1. The van der Waals surface area contributed by atoms with E-state index in [1.54, 1.807) is 0 Å². The summed E-state index contributed by atoms with van der Waals surface area (Å²) in [5.41, 5.74) is 8.50. The summed E-state index contributed by atoms with van der Waals surface area (Å²) < 4.78 is 1.95. The fourth-order valence-electron chi connectivity index (χ4n) is 1.59. The Kier molecular flexibility index (Phi) is 1.74. The Hall–Kier alpha value is -1.48. The molecular formula is C10H12N2O. The zero-order valence-corrected chi connectivity index (χ0v) is 7.49. The van der Waals surface area contributed by atoms with Gasteiger partial charge in [-0.3, -0.25) is 0 Å². The second-order valence-electron chi connectivity index (χ2n) is 3.13. The van der Waals surface area contributed by atoms with Crippen molar-refractivity contribution in [3.63, 3.8) is 0 Å². The van der Waals surface area contributed by atoms with Gasteiger partial charge in [-0.15, -0.1) is 0 Å². The number of benzene rings is 1. The summed E-state index contributed by atoms with van der Waals surface area (Å²) in [6.45, 7) is 0.0462. The van der Waals surface area contributed by atoms with Crippen LogP contribution in [-0.2, 0) is 13.7 Å². The van der Waals surface area contributed by atoms with E-state index in [1.165, 1.54) is 0 Å². The summed E-state index contributed by atoms with van der Waals surface area (Å²) >= 11 is 0. The van der Waals surface area contributed by atoms with Crippen LogP contribution >= 0.6 is 0 Å². The largest absolute Gasteiger partial charge is 0.398 e. The van der Waals surface area contributed by atoms with Gasteiger partial charge in [0.15, 0.2) is 0 Å². The molecule has 0 atom stereocenters. The standard InChI is InChI=1S/C10H12N2O/c1-12-7(6-13)5-8-9(11)3-2-4-10(8)12/h2-5,13H,6,11H2,1H3. The van der Waals surface area contributed by atoms with Crippen LogP contribution in [0.3, 0.4) is 0 Å². The van der Waals surface area contributed by atoms with Crippen molar-refractivity contribution < 1.29 is 5.11 Å². The predicted octanol–water partition coefficient (Wildman–Crippen LogP) is 1.25. The number of aromatic nitrogens is 1. The van der Waals surface area contributed by atoms with Crippen molar-refractivity contribution >= 4 is 16.6 Å². The fourth-order valence-corrected chi connectivity index (χ4v) is 1.59. The number of aryl methyl sites for hydroxylation is 1. The molecule has 0 amide bonds. The lowest BCUT2D eigenvalue weighted by Gasteiger charge is -2.00. The second-order valence-corrected chi connectivity index (χ2v) is 3.13. The monoisotopic (exact) mass is 176 g/mol. The van der Waals surface area contributed by atoms with Gasteiger partial charge in [0, 0.05) is 23.8 Å². The van der Waals surface area contributed by atoms with Crippen molar-refractivity contribution in [3.8, 4) is 0 Å². The number of aliphatic hydroxyl groups excluding tert-OH is 1. The Balaban J connectivity index is 2.83. The van der Waals surface area contributed by atoms with Gasteiger partial charge in [-0.05, 0) is 18.2 Å². The molecule has 0 spiro atoms.